The molecule has 0 spiro atoms. The van der Waals surface area contributed by atoms with Gasteiger partial charge in [-0.1, -0.05) is 15.9 Å². The van der Waals surface area contributed by atoms with Crippen molar-refractivity contribution in [3.63, 3.8) is 0 Å². The minimum absolute atomic E-state index is 0.0560. The van der Waals surface area contributed by atoms with E-state index in [0.29, 0.717) is 17.7 Å². The Labute approximate surface area is 125 Å². The second-order valence-electron chi connectivity index (χ2n) is 4.43. The first kappa shape index (κ1) is 14.6. The molecule has 1 aliphatic rings. The first-order valence-electron chi connectivity index (χ1n) is 6.09. The van der Waals surface area contributed by atoms with Gasteiger partial charge in [0.2, 0.25) is 0 Å². The molecule has 0 bridgehead atoms. The number of carbonyl (C=O) groups is 2. The number of ketones is 1. The minimum Gasteiger partial charge on any atom is -0.462 e. The van der Waals surface area contributed by atoms with Gasteiger partial charge in [-0.25, -0.2) is 4.79 Å². The quantitative estimate of drug-likeness (QED) is 0.609. The van der Waals surface area contributed by atoms with Crippen LogP contribution in [0.15, 0.2) is 11.0 Å². The Morgan fingerprint density at radius 1 is 1.53 bits per heavy atom. The number of ether oxygens (including phenoxy) is 1. The summed E-state index contributed by atoms with van der Waals surface area (Å²) < 4.78 is 5.05. The summed E-state index contributed by atoms with van der Waals surface area (Å²) >= 11 is 5.04. The maximum atomic E-state index is 12.3. The average Bonchev–Trinajstić information content (AvgIpc) is 2.37. The largest absolute Gasteiger partial charge is 0.462 e. The van der Waals surface area contributed by atoms with Crippen LogP contribution in [-0.2, 0) is 4.74 Å². The highest BCUT2D eigenvalue weighted by atomic mass is 79.9. The summed E-state index contributed by atoms with van der Waals surface area (Å²) in [5, 5.41) is 0. The second kappa shape index (κ2) is 5.67. The van der Waals surface area contributed by atoms with Gasteiger partial charge in [-0.2, -0.15) is 0 Å². The van der Waals surface area contributed by atoms with Crippen molar-refractivity contribution in [2.75, 3.05) is 12.4 Å². The molecule has 1 aliphatic heterocycles. The number of alkyl halides is 1. The number of Topliss-reactive ketones (excluding diaryl/α,β-unsaturated/α-hetero) is 1. The van der Waals surface area contributed by atoms with Crippen molar-refractivity contribution in [1.82, 2.24) is 0 Å². The van der Waals surface area contributed by atoms with E-state index in [4.69, 9.17) is 4.74 Å². The molecule has 2 rings (SSSR count). The number of hydrogen-bond acceptors (Lipinski definition) is 4. The number of fused-ring (bicyclic) bond motifs is 1. The lowest BCUT2D eigenvalue weighted by Gasteiger charge is -2.23. The van der Waals surface area contributed by atoms with Crippen molar-refractivity contribution in [2.45, 2.75) is 30.5 Å². The molecule has 1 unspecified atom stereocenters. The summed E-state index contributed by atoms with van der Waals surface area (Å²) in [7, 11) is 0. The van der Waals surface area contributed by atoms with Crippen LogP contribution in [0.3, 0.4) is 0 Å². The van der Waals surface area contributed by atoms with Gasteiger partial charge in [-0.15, -0.1) is 11.8 Å². The number of aryl methyl sites for hydroxylation is 1. The van der Waals surface area contributed by atoms with Crippen molar-refractivity contribution < 1.29 is 14.3 Å². The molecule has 0 N–H and O–H groups in total. The Hall–Kier alpha value is -0.810. The minimum atomic E-state index is -0.361. The van der Waals surface area contributed by atoms with E-state index in [2.05, 4.69) is 15.9 Å². The molecule has 0 aliphatic carbocycles. The Bertz CT molecular complexity index is 554. The van der Waals surface area contributed by atoms with E-state index in [0.717, 1.165) is 21.8 Å². The number of carbonyl (C=O) groups excluding carboxylic acids is 2. The van der Waals surface area contributed by atoms with Gasteiger partial charge < -0.3 is 4.74 Å². The Morgan fingerprint density at radius 2 is 2.21 bits per heavy atom. The summed E-state index contributed by atoms with van der Waals surface area (Å²) in [5.74, 6) is 0.422. The predicted octanol–water partition coefficient (Wildman–Crippen LogP) is 3.53. The van der Waals surface area contributed by atoms with Crippen LogP contribution >= 0.6 is 27.7 Å². The molecular weight excluding hydrogens is 328 g/mol. The van der Waals surface area contributed by atoms with Crippen LogP contribution in [0.2, 0.25) is 0 Å². The molecule has 1 atom stereocenters. The van der Waals surface area contributed by atoms with Crippen LogP contribution in [0.1, 0.15) is 38.8 Å². The Balaban J connectivity index is 2.60. The highest BCUT2D eigenvalue weighted by Gasteiger charge is 2.31. The smallest absolute Gasteiger partial charge is 0.338 e. The summed E-state index contributed by atoms with van der Waals surface area (Å²) in [6, 6.07) is 1.82. The van der Waals surface area contributed by atoms with E-state index in [9.17, 15) is 9.59 Å². The van der Waals surface area contributed by atoms with Gasteiger partial charge in [-0.05, 0) is 38.0 Å². The van der Waals surface area contributed by atoms with Gasteiger partial charge in [0, 0.05) is 16.2 Å². The lowest BCUT2D eigenvalue weighted by molar-refractivity contribution is 0.0525. The fraction of sp³-hybridized carbons (Fsp3) is 0.429. The summed E-state index contributed by atoms with van der Waals surface area (Å²) in [6.07, 6.45) is 0. The van der Waals surface area contributed by atoms with Gasteiger partial charge in [0.1, 0.15) is 0 Å². The van der Waals surface area contributed by atoms with Crippen LogP contribution in [0.4, 0.5) is 0 Å². The maximum absolute atomic E-state index is 12.3. The van der Waals surface area contributed by atoms with Crippen LogP contribution in [0.25, 0.3) is 0 Å². The lowest BCUT2D eigenvalue weighted by Crippen LogP contribution is -2.25. The number of benzene rings is 1. The monoisotopic (exact) mass is 342 g/mol. The topological polar surface area (TPSA) is 43.4 Å². The molecule has 0 saturated heterocycles. The Kier molecular flexibility index (Phi) is 4.36. The molecule has 1 heterocycles. The van der Waals surface area contributed by atoms with E-state index >= 15 is 0 Å². The van der Waals surface area contributed by atoms with Gasteiger partial charge in [0.25, 0.3) is 0 Å². The fourth-order valence-corrected chi connectivity index (χ4v) is 3.96. The summed E-state index contributed by atoms with van der Waals surface area (Å²) in [4.78, 5) is 25.1. The third kappa shape index (κ3) is 2.58. The van der Waals surface area contributed by atoms with Crippen molar-refractivity contribution in [2.24, 2.45) is 0 Å². The highest BCUT2D eigenvalue weighted by Crippen LogP contribution is 2.38. The van der Waals surface area contributed by atoms with Crippen LogP contribution < -0.4 is 0 Å². The van der Waals surface area contributed by atoms with Gasteiger partial charge in [-0.3, -0.25) is 4.79 Å². The number of thioether (sulfide) groups is 1. The molecule has 19 heavy (non-hydrogen) atoms. The fourth-order valence-electron chi connectivity index (χ4n) is 2.18. The predicted molar refractivity (Wildman–Crippen MR) is 79.6 cm³/mol. The van der Waals surface area contributed by atoms with Crippen LogP contribution in [0.5, 0.6) is 0 Å². The second-order valence-corrected chi connectivity index (χ2v) is 6.57. The van der Waals surface area contributed by atoms with Gasteiger partial charge >= 0.3 is 5.97 Å². The molecular formula is C14H15BrO3S. The zero-order chi connectivity index (χ0) is 14.2. The van der Waals surface area contributed by atoms with Gasteiger partial charge in [0.15, 0.2) is 5.78 Å². The number of hydrogen-bond donors (Lipinski definition) is 0. The average molecular weight is 343 g/mol. The molecule has 0 fully saturated rings. The van der Waals surface area contributed by atoms with E-state index in [1.165, 1.54) is 0 Å². The molecule has 0 aromatic heterocycles. The first-order chi connectivity index (χ1) is 8.97. The van der Waals surface area contributed by atoms with Crippen molar-refractivity contribution in [3.8, 4) is 0 Å². The van der Waals surface area contributed by atoms with Crippen molar-refractivity contribution in [1.29, 1.82) is 0 Å². The van der Waals surface area contributed by atoms with E-state index in [1.54, 1.807) is 18.7 Å². The molecule has 1 aromatic carbocycles. The summed E-state index contributed by atoms with van der Waals surface area (Å²) in [5.41, 5.74) is 2.84. The van der Waals surface area contributed by atoms with Crippen LogP contribution in [0, 0.1) is 13.8 Å². The molecule has 1 aromatic rings. The van der Waals surface area contributed by atoms with Crippen LogP contribution in [-0.4, -0.2) is 28.9 Å². The summed E-state index contributed by atoms with van der Waals surface area (Å²) in [6.45, 7) is 5.84. The van der Waals surface area contributed by atoms with E-state index < -0.39 is 0 Å². The third-order valence-corrected chi connectivity index (χ3v) is 5.61. The SMILES string of the molecule is CCOC(=O)c1cc(C)c2c(c1C)C(=O)C(Br)CS2. The number of esters is 1. The zero-order valence-corrected chi connectivity index (χ0v) is 13.5. The molecule has 0 radical (unpaired) electrons. The lowest BCUT2D eigenvalue weighted by atomic mass is 9.95. The highest BCUT2D eigenvalue weighted by molar-refractivity contribution is 9.10. The normalized spacial score (nSPS) is 18.1. The number of halogens is 1. The van der Waals surface area contributed by atoms with Crippen molar-refractivity contribution >= 4 is 39.4 Å². The van der Waals surface area contributed by atoms with Crippen molar-refractivity contribution in [3.05, 3.63) is 28.3 Å². The molecule has 0 amide bonds. The standard InChI is InChI=1S/C14H15BrO3S/c1-4-18-14(17)9-5-7(2)13-11(8(9)3)12(16)10(15)6-19-13/h5,10H,4,6H2,1-3H3. The molecule has 5 heteroatoms. The molecule has 3 nitrogen and oxygen atoms in total. The Morgan fingerprint density at radius 3 is 2.84 bits per heavy atom. The maximum Gasteiger partial charge on any atom is 0.338 e. The first-order valence-corrected chi connectivity index (χ1v) is 7.99. The molecule has 102 valence electrons. The zero-order valence-electron chi connectivity index (χ0n) is 11.1. The van der Waals surface area contributed by atoms with E-state index in [1.807, 2.05) is 19.9 Å². The third-order valence-electron chi connectivity index (χ3n) is 3.13. The van der Waals surface area contributed by atoms with Gasteiger partial charge in [0.05, 0.1) is 17.0 Å². The molecule has 0 saturated carbocycles. The van der Waals surface area contributed by atoms with E-state index in [-0.39, 0.29) is 16.6 Å². The number of rotatable bonds is 2.